The van der Waals surface area contributed by atoms with Crippen LogP contribution in [0, 0.1) is 5.92 Å². The number of halogens is 1. The minimum atomic E-state index is -0.367. The Bertz CT molecular complexity index is 909. The van der Waals surface area contributed by atoms with Gasteiger partial charge in [-0.1, -0.05) is 53.0 Å². The van der Waals surface area contributed by atoms with Gasteiger partial charge in [-0.15, -0.1) is 0 Å². The predicted molar refractivity (Wildman–Crippen MR) is 133 cm³/mol. The average Bonchev–Trinajstić information content (AvgIpc) is 3.16. The van der Waals surface area contributed by atoms with Crippen molar-refractivity contribution < 1.29 is 9.53 Å². The van der Waals surface area contributed by atoms with E-state index in [0.29, 0.717) is 23.5 Å². The van der Waals surface area contributed by atoms with Crippen molar-refractivity contribution in [2.24, 2.45) is 5.92 Å². The number of nitrogens with one attached hydrogen (secondary N) is 1. The van der Waals surface area contributed by atoms with Gasteiger partial charge in [0.1, 0.15) is 0 Å². The van der Waals surface area contributed by atoms with E-state index in [1.807, 2.05) is 0 Å². The van der Waals surface area contributed by atoms with Gasteiger partial charge in [0, 0.05) is 29.5 Å². The lowest BCUT2D eigenvalue weighted by Gasteiger charge is -2.39. The lowest BCUT2D eigenvalue weighted by Crippen LogP contribution is -2.39. The molecule has 2 aromatic rings. The van der Waals surface area contributed by atoms with Crippen molar-refractivity contribution in [3.8, 4) is 0 Å². The van der Waals surface area contributed by atoms with E-state index in [1.165, 1.54) is 50.7 Å². The number of hydrogen-bond donors (Lipinski definition) is 1. The zero-order chi connectivity index (χ0) is 23.3. The van der Waals surface area contributed by atoms with Crippen LogP contribution < -0.4 is 10.2 Å². The van der Waals surface area contributed by atoms with Crippen LogP contribution in [0.2, 0.25) is 5.28 Å². The molecule has 1 saturated carbocycles. The molecule has 32 heavy (non-hydrogen) atoms. The lowest BCUT2D eigenvalue weighted by molar-refractivity contribution is -0.141. The summed E-state index contributed by atoms with van der Waals surface area (Å²) in [7, 11) is 1.43. The smallest absolute Gasteiger partial charge is 0.306 e. The number of carbonyl (C=O) groups excluding carboxylic acids is 1. The fraction of sp³-hybridized carbons (Fsp3) is 0.625. The average molecular weight is 479 g/mol. The molecule has 0 saturated heterocycles. The molecular weight excluding hydrogens is 444 g/mol. The quantitative estimate of drug-likeness (QED) is 0.411. The highest BCUT2D eigenvalue weighted by atomic mass is 35.5. The summed E-state index contributed by atoms with van der Waals surface area (Å²) in [6.07, 6.45) is 6.61. The number of methoxy groups -OCH3 is 1. The Morgan fingerprint density at radius 2 is 2.03 bits per heavy atom. The Morgan fingerprint density at radius 3 is 2.62 bits per heavy atom. The van der Waals surface area contributed by atoms with Gasteiger partial charge >= 0.3 is 5.97 Å². The third-order valence-electron chi connectivity index (χ3n) is 6.12. The number of aromatic nitrogens is 2. The summed E-state index contributed by atoms with van der Waals surface area (Å²) in [5.41, 5.74) is 2.83. The van der Waals surface area contributed by atoms with Crippen molar-refractivity contribution in [1.29, 1.82) is 0 Å². The number of nitrogens with zero attached hydrogens (tertiary/aromatic N) is 3. The van der Waals surface area contributed by atoms with Crippen LogP contribution >= 0.6 is 23.1 Å². The van der Waals surface area contributed by atoms with E-state index >= 15 is 0 Å². The molecule has 0 amide bonds. The molecule has 0 radical (unpaired) electrons. The number of rotatable bonds is 9. The molecular formula is C24H35ClN4O2S. The zero-order valence-electron chi connectivity index (χ0n) is 19.8. The molecule has 0 spiro atoms. The Labute approximate surface area is 200 Å². The van der Waals surface area contributed by atoms with Gasteiger partial charge in [0.15, 0.2) is 0 Å². The van der Waals surface area contributed by atoms with Gasteiger partial charge in [-0.25, -0.2) is 0 Å². The van der Waals surface area contributed by atoms with E-state index < -0.39 is 0 Å². The Morgan fingerprint density at radius 1 is 1.31 bits per heavy atom. The summed E-state index contributed by atoms with van der Waals surface area (Å²) in [4.78, 5) is 18.9. The van der Waals surface area contributed by atoms with Crippen LogP contribution in [0.5, 0.6) is 0 Å². The second kappa shape index (κ2) is 10.8. The molecule has 1 aromatic heterocycles. The molecule has 0 bridgehead atoms. The molecule has 0 aliphatic heterocycles. The molecule has 176 valence electrons. The highest BCUT2D eigenvalue weighted by Gasteiger charge is 2.29. The number of esters is 1. The van der Waals surface area contributed by atoms with Crippen molar-refractivity contribution >= 4 is 45.6 Å². The lowest BCUT2D eigenvalue weighted by atomic mass is 9.81. The van der Waals surface area contributed by atoms with Crippen molar-refractivity contribution in [2.45, 2.75) is 77.7 Å². The van der Waals surface area contributed by atoms with Crippen LogP contribution in [0.15, 0.2) is 18.2 Å². The Kier molecular flexibility index (Phi) is 8.39. The molecule has 1 aliphatic carbocycles. The van der Waals surface area contributed by atoms with Gasteiger partial charge in [-0.05, 0) is 48.1 Å². The zero-order valence-corrected chi connectivity index (χ0v) is 21.4. The summed E-state index contributed by atoms with van der Waals surface area (Å²) in [5, 5.41) is 4.37. The van der Waals surface area contributed by atoms with E-state index in [-0.39, 0.29) is 16.7 Å². The molecule has 3 rings (SSSR count). The van der Waals surface area contributed by atoms with Crippen LogP contribution in [0.25, 0.3) is 0 Å². The summed E-state index contributed by atoms with van der Waals surface area (Å²) >= 11 is 7.23. The van der Waals surface area contributed by atoms with E-state index in [9.17, 15) is 4.79 Å². The van der Waals surface area contributed by atoms with Crippen molar-refractivity contribution in [1.82, 2.24) is 9.36 Å². The third-order valence-corrected chi connectivity index (χ3v) is 7.02. The van der Waals surface area contributed by atoms with Crippen LogP contribution in [-0.2, 0) is 14.9 Å². The summed E-state index contributed by atoms with van der Waals surface area (Å²) in [6, 6.07) is 7.01. The first kappa shape index (κ1) is 24.8. The van der Waals surface area contributed by atoms with E-state index in [2.05, 4.69) is 65.5 Å². The van der Waals surface area contributed by atoms with E-state index in [1.54, 1.807) is 0 Å². The summed E-state index contributed by atoms with van der Waals surface area (Å²) < 4.78 is 9.03. The first-order chi connectivity index (χ1) is 15.2. The maximum atomic E-state index is 12.0. The first-order valence-electron chi connectivity index (χ1n) is 11.4. The number of benzene rings is 1. The molecule has 1 aromatic carbocycles. The SMILES string of the molecule is COC(=O)CC(C)(C)c1ccc(N(CC(C)C)C2CCCCC2)c(Nc2nc(Cl)ns2)c1. The molecule has 6 nitrogen and oxygen atoms in total. The van der Waals surface area contributed by atoms with Crippen LogP contribution in [0.3, 0.4) is 0 Å². The topological polar surface area (TPSA) is 67.3 Å². The van der Waals surface area contributed by atoms with E-state index in [0.717, 1.165) is 23.5 Å². The molecule has 0 atom stereocenters. The third kappa shape index (κ3) is 6.35. The maximum Gasteiger partial charge on any atom is 0.306 e. The van der Waals surface area contributed by atoms with Crippen LogP contribution in [0.1, 0.15) is 71.8 Å². The minimum absolute atomic E-state index is 0.215. The monoisotopic (exact) mass is 478 g/mol. The molecule has 1 N–H and O–H groups in total. The second-order valence-electron chi connectivity index (χ2n) is 9.70. The van der Waals surface area contributed by atoms with Crippen molar-refractivity contribution in [3.05, 3.63) is 29.0 Å². The molecule has 1 fully saturated rings. The van der Waals surface area contributed by atoms with Crippen molar-refractivity contribution in [3.63, 3.8) is 0 Å². The first-order valence-corrected chi connectivity index (χ1v) is 12.6. The Hall–Kier alpha value is -1.86. The van der Waals surface area contributed by atoms with Crippen molar-refractivity contribution in [2.75, 3.05) is 23.9 Å². The predicted octanol–water partition coefficient (Wildman–Crippen LogP) is 6.57. The van der Waals surface area contributed by atoms with Gasteiger partial charge in [0.05, 0.1) is 24.9 Å². The fourth-order valence-electron chi connectivity index (χ4n) is 4.44. The number of carbonyl (C=O) groups is 1. The molecule has 1 aliphatic rings. The van der Waals surface area contributed by atoms with Gasteiger partial charge in [0.2, 0.25) is 10.4 Å². The normalized spacial score (nSPS) is 15.1. The summed E-state index contributed by atoms with van der Waals surface area (Å²) in [5.74, 6) is 0.323. The second-order valence-corrected chi connectivity index (χ2v) is 10.8. The number of ether oxygens (including phenoxy) is 1. The molecule has 0 unspecified atom stereocenters. The fourth-order valence-corrected chi connectivity index (χ4v) is 5.17. The van der Waals surface area contributed by atoms with Gasteiger partial charge < -0.3 is 15.0 Å². The van der Waals surface area contributed by atoms with Gasteiger partial charge in [0.25, 0.3) is 0 Å². The van der Waals surface area contributed by atoms with E-state index in [4.69, 9.17) is 16.3 Å². The highest BCUT2D eigenvalue weighted by molar-refractivity contribution is 7.10. The maximum absolute atomic E-state index is 12.0. The Balaban J connectivity index is 2.03. The molecule has 1 heterocycles. The van der Waals surface area contributed by atoms with Gasteiger partial charge in [-0.2, -0.15) is 9.36 Å². The van der Waals surface area contributed by atoms with Crippen LogP contribution in [0.4, 0.5) is 16.5 Å². The summed E-state index contributed by atoms with van der Waals surface area (Å²) in [6.45, 7) is 9.65. The van der Waals surface area contributed by atoms with Crippen LogP contribution in [-0.4, -0.2) is 35.0 Å². The highest BCUT2D eigenvalue weighted by Crippen LogP contribution is 2.39. The minimum Gasteiger partial charge on any atom is -0.469 e. The molecule has 8 heteroatoms. The largest absolute Gasteiger partial charge is 0.469 e. The van der Waals surface area contributed by atoms with Gasteiger partial charge in [-0.3, -0.25) is 4.79 Å². The standard InChI is InChI=1S/C24H35ClN4O2S/c1-16(2)15-29(18-9-7-6-8-10-18)20-12-11-17(24(3,4)14-21(30)31-5)13-19(20)26-23-27-22(25)28-32-23/h11-13,16,18H,6-10,14-15H2,1-5H3,(H,26,27,28). The number of anilines is 3. The number of hydrogen-bond acceptors (Lipinski definition) is 7.